The van der Waals surface area contributed by atoms with Crippen LogP contribution in [0.15, 0.2) is 24.3 Å². The van der Waals surface area contributed by atoms with Gasteiger partial charge in [0.25, 0.3) is 5.91 Å². The van der Waals surface area contributed by atoms with E-state index in [-0.39, 0.29) is 17.2 Å². The number of carbonyl (C=O) groups excluding carboxylic acids is 2. The van der Waals surface area contributed by atoms with Crippen molar-refractivity contribution in [2.75, 3.05) is 19.6 Å². The van der Waals surface area contributed by atoms with Gasteiger partial charge in [0.2, 0.25) is 21.1 Å². The summed E-state index contributed by atoms with van der Waals surface area (Å²) in [6.45, 7) is 1.53. The maximum absolute atomic E-state index is 14.4. The Bertz CT molecular complexity index is 639. The molecule has 0 aliphatic rings. The lowest BCUT2D eigenvalue weighted by Crippen LogP contribution is -2.40. The molecule has 2 amide bonds. The fourth-order valence-corrected chi connectivity index (χ4v) is 3.14. The van der Waals surface area contributed by atoms with E-state index in [0.29, 0.717) is 32.5 Å². The van der Waals surface area contributed by atoms with Crippen molar-refractivity contribution in [1.82, 2.24) is 10.6 Å². The smallest absolute Gasteiger partial charge is 0.259 e. The lowest BCUT2D eigenvalue weighted by atomic mass is 10.1. The second kappa shape index (κ2) is 16.0. The number of hydrogen-bond donors (Lipinski definition) is 5. The molecule has 0 aliphatic carbocycles. The van der Waals surface area contributed by atoms with E-state index in [4.69, 9.17) is 20.9 Å². The van der Waals surface area contributed by atoms with Gasteiger partial charge in [0.1, 0.15) is 5.75 Å². The zero-order valence-electron chi connectivity index (χ0n) is 17.2. The van der Waals surface area contributed by atoms with Gasteiger partial charge in [-0.25, -0.2) is 4.39 Å². The van der Waals surface area contributed by atoms with E-state index < -0.39 is 27.2 Å². The summed E-state index contributed by atoms with van der Waals surface area (Å²) in [6, 6.07) is 5.71. The Morgan fingerprint density at radius 2 is 1.67 bits per heavy atom. The topological polar surface area (TPSA) is 140 Å². The number of carbonyl (C=O) groups is 2. The van der Waals surface area contributed by atoms with E-state index in [2.05, 4.69) is 10.6 Å². The summed E-state index contributed by atoms with van der Waals surface area (Å²) in [5.41, 5.74) is 11.3. The molecule has 10 heteroatoms. The zero-order chi connectivity index (χ0) is 22.2. The molecule has 1 aromatic carbocycles. The molecule has 0 saturated heterocycles. The van der Waals surface area contributed by atoms with Gasteiger partial charge < -0.3 is 31.5 Å². The van der Waals surface area contributed by atoms with Gasteiger partial charge in [-0.2, -0.15) is 0 Å². The predicted molar refractivity (Wildman–Crippen MR) is 117 cm³/mol. The average Bonchev–Trinajstić information content (AvgIpc) is 2.75. The highest BCUT2D eigenvalue weighted by atomic mass is 31.1. The number of unbranched alkanes of at least 4 members (excludes halogenated alkanes) is 4. The third-order valence-electron chi connectivity index (χ3n) is 4.59. The van der Waals surface area contributed by atoms with E-state index in [1.807, 2.05) is 0 Å². The number of amides is 2. The first-order valence-corrected chi connectivity index (χ1v) is 11.2. The number of nitrogens with one attached hydrogen (secondary N) is 2. The molecule has 0 aliphatic heterocycles. The maximum Gasteiger partial charge on any atom is 0.259 e. The minimum atomic E-state index is -1.86. The van der Waals surface area contributed by atoms with Crippen molar-refractivity contribution in [2.24, 2.45) is 11.5 Å². The Hall–Kier alpha value is -1.80. The molecule has 170 valence electrons. The van der Waals surface area contributed by atoms with Crippen molar-refractivity contribution in [3.05, 3.63) is 29.8 Å². The number of nitrogens with two attached hydrogens (primary N) is 2. The molecule has 30 heavy (non-hydrogen) atoms. The van der Waals surface area contributed by atoms with Crippen molar-refractivity contribution >= 4 is 20.8 Å². The molecule has 7 N–H and O–H groups in total. The van der Waals surface area contributed by atoms with Crippen LogP contribution in [0.3, 0.4) is 0 Å². The predicted octanol–water partition coefficient (Wildman–Crippen LogP) is 1.83. The van der Waals surface area contributed by atoms with E-state index in [0.717, 1.165) is 32.1 Å². The van der Waals surface area contributed by atoms with Gasteiger partial charge in [0.05, 0.1) is 6.04 Å². The van der Waals surface area contributed by atoms with Crippen LogP contribution < -0.4 is 26.6 Å². The number of para-hydroxylation sites is 1. The number of halogens is 1. The molecule has 3 atom stereocenters. The summed E-state index contributed by atoms with van der Waals surface area (Å²) >= 11 is 0. The molecule has 0 aromatic heterocycles. The summed E-state index contributed by atoms with van der Waals surface area (Å²) in [6.07, 6.45) is 3.74. The normalized spacial score (nSPS) is 13.2. The summed E-state index contributed by atoms with van der Waals surface area (Å²) < 4.78 is 19.4. The van der Waals surface area contributed by atoms with E-state index >= 15 is 0 Å². The Balaban J connectivity index is 2.14. The molecular formula is C20H34FN4O4P. The number of alkyl halides is 1. The first kappa shape index (κ1) is 26.2. The largest absolute Gasteiger partial charge is 0.450 e. The van der Waals surface area contributed by atoms with Gasteiger partial charge in [-0.05, 0) is 38.3 Å². The lowest BCUT2D eigenvalue weighted by molar-refractivity contribution is -0.126. The second-order valence-electron chi connectivity index (χ2n) is 6.98. The van der Waals surface area contributed by atoms with E-state index in [9.17, 15) is 14.0 Å². The molecule has 0 heterocycles. The summed E-state index contributed by atoms with van der Waals surface area (Å²) in [4.78, 5) is 32.7. The minimum Gasteiger partial charge on any atom is -0.450 e. The SMILES string of the molecule is NCCCCC(N)C(=O)NCCCCCCNC(=O)C(F)c1ccccc1OPO. The summed E-state index contributed by atoms with van der Waals surface area (Å²) in [7, 11) is -0.822. The Labute approximate surface area is 179 Å². The molecule has 3 unspecified atom stereocenters. The number of rotatable bonds is 16. The third kappa shape index (κ3) is 10.3. The summed E-state index contributed by atoms with van der Waals surface area (Å²) in [5.74, 6) is -0.718. The molecule has 1 rings (SSSR count). The standard InChI is InChI=1S/C20H34FN4O4P/c21-18(15-9-3-4-11-17(15)29-30-28)20(27)25-14-8-2-1-7-13-24-19(26)16(23)10-5-6-12-22/h3-4,9,11,16,18,28,30H,1-2,5-8,10,12-14,22-23H2,(H,24,26)(H,25,27). The lowest BCUT2D eigenvalue weighted by Gasteiger charge is -2.13. The third-order valence-corrected chi connectivity index (χ3v) is 4.90. The van der Waals surface area contributed by atoms with Gasteiger partial charge in [-0.3, -0.25) is 9.59 Å². The molecule has 8 nitrogen and oxygen atoms in total. The Morgan fingerprint density at radius 1 is 1.03 bits per heavy atom. The quantitative estimate of drug-likeness (QED) is 0.195. The van der Waals surface area contributed by atoms with Crippen molar-refractivity contribution < 1.29 is 23.4 Å². The van der Waals surface area contributed by atoms with Crippen molar-refractivity contribution in [2.45, 2.75) is 57.2 Å². The van der Waals surface area contributed by atoms with Crippen LogP contribution in [-0.4, -0.2) is 42.4 Å². The first-order valence-electron chi connectivity index (χ1n) is 10.3. The molecule has 0 saturated carbocycles. The van der Waals surface area contributed by atoms with Crippen molar-refractivity contribution in [3.8, 4) is 5.75 Å². The Kier molecular flexibility index (Phi) is 14.0. The van der Waals surface area contributed by atoms with Crippen molar-refractivity contribution in [3.63, 3.8) is 0 Å². The van der Waals surface area contributed by atoms with Crippen LogP contribution in [0.5, 0.6) is 5.75 Å². The molecule has 0 radical (unpaired) electrons. The van der Waals surface area contributed by atoms with Gasteiger partial charge in [0, 0.05) is 18.7 Å². The first-order chi connectivity index (χ1) is 14.5. The molecule has 0 spiro atoms. The molecule has 0 fully saturated rings. The van der Waals surface area contributed by atoms with E-state index in [1.165, 1.54) is 12.1 Å². The second-order valence-corrected chi connectivity index (χ2v) is 7.37. The highest BCUT2D eigenvalue weighted by molar-refractivity contribution is 7.25. The fraction of sp³-hybridized carbons (Fsp3) is 0.600. The van der Waals surface area contributed by atoms with Crippen LogP contribution in [0.4, 0.5) is 4.39 Å². The van der Waals surface area contributed by atoms with Crippen LogP contribution in [0, 0.1) is 0 Å². The summed E-state index contributed by atoms with van der Waals surface area (Å²) in [5, 5.41) is 5.40. The van der Waals surface area contributed by atoms with Crippen molar-refractivity contribution in [1.29, 1.82) is 0 Å². The molecule has 0 bridgehead atoms. The van der Waals surface area contributed by atoms with Crippen LogP contribution in [-0.2, 0) is 9.59 Å². The van der Waals surface area contributed by atoms with Gasteiger partial charge in [0.15, 0.2) is 0 Å². The highest BCUT2D eigenvalue weighted by Crippen LogP contribution is 2.30. The monoisotopic (exact) mass is 444 g/mol. The van der Waals surface area contributed by atoms with Gasteiger partial charge in [-0.15, -0.1) is 0 Å². The van der Waals surface area contributed by atoms with Crippen LogP contribution in [0.1, 0.15) is 56.7 Å². The van der Waals surface area contributed by atoms with Gasteiger partial charge >= 0.3 is 0 Å². The van der Waals surface area contributed by atoms with Gasteiger partial charge in [-0.1, -0.05) is 37.5 Å². The highest BCUT2D eigenvalue weighted by Gasteiger charge is 2.22. The van der Waals surface area contributed by atoms with Crippen LogP contribution in [0.2, 0.25) is 0 Å². The molecule has 1 aromatic rings. The van der Waals surface area contributed by atoms with E-state index in [1.54, 1.807) is 12.1 Å². The fourth-order valence-electron chi connectivity index (χ4n) is 2.86. The number of hydrogen-bond acceptors (Lipinski definition) is 6. The Morgan fingerprint density at radius 3 is 2.30 bits per heavy atom. The maximum atomic E-state index is 14.4. The molecular weight excluding hydrogens is 410 g/mol. The zero-order valence-corrected chi connectivity index (χ0v) is 18.2. The average molecular weight is 444 g/mol. The minimum absolute atomic E-state index is 0.0912. The number of benzene rings is 1. The van der Waals surface area contributed by atoms with Crippen LogP contribution >= 0.6 is 9.03 Å². The van der Waals surface area contributed by atoms with Crippen LogP contribution in [0.25, 0.3) is 0 Å².